The number of nitrogens with one attached hydrogen (secondary N) is 1. The minimum atomic E-state index is 0.135. The maximum atomic E-state index is 5.86. The largest absolute Gasteiger partial charge is 0.375 e. The van der Waals surface area contributed by atoms with Crippen LogP contribution in [0.15, 0.2) is 47.7 Å². The summed E-state index contributed by atoms with van der Waals surface area (Å²) in [7, 11) is 0. The van der Waals surface area contributed by atoms with Gasteiger partial charge in [0.2, 0.25) is 0 Å². The van der Waals surface area contributed by atoms with Crippen LogP contribution < -0.4 is 11.2 Å². The van der Waals surface area contributed by atoms with Gasteiger partial charge >= 0.3 is 0 Å². The van der Waals surface area contributed by atoms with Crippen molar-refractivity contribution in [2.24, 2.45) is 10.8 Å². The van der Waals surface area contributed by atoms with Gasteiger partial charge in [-0.1, -0.05) is 11.6 Å². The molecule has 4 nitrogen and oxygen atoms in total. The average Bonchev–Trinajstić information content (AvgIpc) is 2.78. The van der Waals surface area contributed by atoms with E-state index in [1.54, 1.807) is 6.21 Å². The first-order chi connectivity index (χ1) is 8.66. The molecule has 0 unspecified atom stereocenters. The number of hydrogen-bond acceptors (Lipinski definition) is 2. The predicted molar refractivity (Wildman–Crippen MR) is 78.3 cm³/mol. The molecule has 1 aromatic heterocycles. The second-order valence-electron chi connectivity index (χ2n) is 3.51. The van der Waals surface area contributed by atoms with Crippen LogP contribution in [0.1, 0.15) is 5.69 Å². The second kappa shape index (κ2) is 5.66. The Kier molecular flexibility index (Phi) is 3.96. The van der Waals surface area contributed by atoms with E-state index in [1.807, 2.05) is 47.2 Å². The quantitative estimate of drug-likeness (QED) is 0.515. The summed E-state index contributed by atoms with van der Waals surface area (Å²) >= 11 is 10.5. The van der Waals surface area contributed by atoms with Crippen LogP contribution in [-0.2, 0) is 0 Å². The van der Waals surface area contributed by atoms with Gasteiger partial charge in [0, 0.05) is 16.9 Å². The molecule has 18 heavy (non-hydrogen) atoms. The van der Waals surface area contributed by atoms with Crippen LogP contribution in [0.4, 0.5) is 0 Å². The number of benzene rings is 1. The molecule has 0 saturated heterocycles. The summed E-state index contributed by atoms with van der Waals surface area (Å²) in [4.78, 5) is 0. The Morgan fingerprint density at radius 1 is 1.33 bits per heavy atom. The maximum absolute atomic E-state index is 5.86. The molecule has 0 amide bonds. The molecule has 0 saturated carbocycles. The average molecular weight is 279 g/mol. The highest BCUT2D eigenvalue weighted by Gasteiger charge is 2.00. The van der Waals surface area contributed by atoms with Crippen molar-refractivity contribution in [1.29, 1.82) is 0 Å². The van der Waals surface area contributed by atoms with Gasteiger partial charge in [0.15, 0.2) is 5.11 Å². The number of hydrogen-bond donors (Lipinski definition) is 2. The molecule has 0 atom stereocenters. The monoisotopic (exact) mass is 278 g/mol. The van der Waals surface area contributed by atoms with Crippen molar-refractivity contribution in [1.82, 2.24) is 9.99 Å². The van der Waals surface area contributed by atoms with Crippen molar-refractivity contribution in [2.45, 2.75) is 0 Å². The van der Waals surface area contributed by atoms with Gasteiger partial charge in [-0.3, -0.25) is 5.43 Å². The Morgan fingerprint density at radius 3 is 2.72 bits per heavy atom. The highest BCUT2D eigenvalue weighted by atomic mass is 35.5. The lowest BCUT2D eigenvalue weighted by atomic mass is 10.3. The van der Waals surface area contributed by atoms with E-state index in [1.165, 1.54) is 0 Å². The molecule has 0 bridgehead atoms. The van der Waals surface area contributed by atoms with Crippen molar-refractivity contribution in [3.63, 3.8) is 0 Å². The minimum Gasteiger partial charge on any atom is -0.375 e. The number of halogens is 1. The van der Waals surface area contributed by atoms with Crippen molar-refractivity contribution >= 4 is 35.1 Å². The first kappa shape index (κ1) is 12.6. The molecule has 0 spiro atoms. The van der Waals surface area contributed by atoms with E-state index in [0.29, 0.717) is 5.02 Å². The third kappa shape index (κ3) is 3.09. The minimum absolute atomic E-state index is 0.135. The van der Waals surface area contributed by atoms with Gasteiger partial charge in [0.25, 0.3) is 0 Å². The molecular formula is C12H11ClN4S. The summed E-state index contributed by atoms with van der Waals surface area (Å²) in [5.41, 5.74) is 9.70. The zero-order valence-electron chi connectivity index (χ0n) is 9.38. The Morgan fingerprint density at radius 2 is 2.06 bits per heavy atom. The Balaban J connectivity index is 2.24. The molecule has 1 aromatic carbocycles. The van der Waals surface area contributed by atoms with E-state index < -0.39 is 0 Å². The molecule has 2 rings (SSSR count). The number of thiocarbonyl (C=S) groups is 1. The van der Waals surface area contributed by atoms with E-state index in [9.17, 15) is 0 Å². The number of aromatic nitrogens is 1. The van der Waals surface area contributed by atoms with Gasteiger partial charge in [0.1, 0.15) is 0 Å². The Bertz CT molecular complexity index is 574. The zero-order chi connectivity index (χ0) is 13.0. The van der Waals surface area contributed by atoms with Crippen LogP contribution in [0.3, 0.4) is 0 Å². The lowest BCUT2D eigenvalue weighted by Gasteiger charge is -2.06. The summed E-state index contributed by atoms with van der Waals surface area (Å²) in [5, 5.41) is 4.77. The van der Waals surface area contributed by atoms with Gasteiger partial charge in [-0.25, -0.2) is 0 Å². The molecule has 3 N–H and O–H groups in total. The third-order valence-corrected chi connectivity index (χ3v) is 2.60. The third-order valence-electron chi connectivity index (χ3n) is 2.26. The highest BCUT2D eigenvalue weighted by Crippen LogP contribution is 2.15. The number of nitrogens with zero attached hydrogens (tertiary/aromatic N) is 2. The standard InChI is InChI=1S/C12H11ClN4S/c13-9-3-5-10(6-4-9)17-7-1-2-11(17)8-15-16-12(14)18/h1-8H,(H3,14,16,18). The SMILES string of the molecule is NC(=S)NN=Cc1cccn1-c1ccc(Cl)cc1. The molecule has 0 fully saturated rings. The molecule has 0 aliphatic rings. The maximum Gasteiger partial charge on any atom is 0.184 e. The summed E-state index contributed by atoms with van der Waals surface area (Å²) < 4.78 is 1.97. The van der Waals surface area contributed by atoms with Crippen LogP contribution in [0.5, 0.6) is 0 Å². The van der Waals surface area contributed by atoms with Gasteiger partial charge in [0.05, 0.1) is 11.9 Å². The molecule has 6 heteroatoms. The fourth-order valence-corrected chi connectivity index (χ4v) is 1.68. The van der Waals surface area contributed by atoms with Gasteiger partial charge in [-0.05, 0) is 48.6 Å². The summed E-state index contributed by atoms with van der Waals surface area (Å²) in [6.45, 7) is 0. The van der Waals surface area contributed by atoms with Gasteiger partial charge in [-0.2, -0.15) is 5.10 Å². The number of hydrazone groups is 1. The van der Waals surface area contributed by atoms with Crippen LogP contribution in [0, 0.1) is 0 Å². The molecule has 92 valence electrons. The van der Waals surface area contributed by atoms with E-state index >= 15 is 0 Å². The molecular weight excluding hydrogens is 268 g/mol. The number of rotatable bonds is 3. The first-order valence-corrected chi connectivity index (χ1v) is 5.97. The van der Waals surface area contributed by atoms with Gasteiger partial charge in [-0.15, -0.1) is 0 Å². The van der Waals surface area contributed by atoms with Gasteiger partial charge < -0.3 is 10.3 Å². The lowest BCUT2D eigenvalue weighted by molar-refractivity contribution is 1.02. The lowest BCUT2D eigenvalue weighted by Crippen LogP contribution is -2.24. The summed E-state index contributed by atoms with van der Waals surface area (Å²) in [6.07, 6.45) is 3.58. The Labute approximate surface area is 115 Å². The predicted octanol–water partition coefficient (Wildman–Crippen LogP) is 2.30. The molecule has 0 radical (unpaired) electrons. The normalized spacial score (nSPS) is 10.7. The van der Waals surface area contributed by atoms with Crippen LogP contribution >= 0.6 is 23.8 Å². The second-order valence-corrected chi connectivity index (χ2v) is 4.39. The fraction of sp³-hybridized carbons (Fsp3) is 0. The first-order valence-electron chi connectivity index (χ1n) is 5.18. The van der Waals surface area contributed by atoms with Crippen molar-refractivity contribution in [3.05, 3.63) is 53.3 Å². The molecule has 2 aromatic rings. The van der Waals surface area contributed by atoms with Crippen molar-refractivity contribution < 1.29 is 0 Å². The van der Waals surface area contributed by atoms with E-state index in [0.717, 1.165) is 11.4 Å². The number of nitrogens with two attached hydrogens (primary N) is 1. The zero-order valence-corrected chi connectivity index (χ0v) is 10.9. The van der Waals surface area contributed by atoms with Crippen LogP contribution in [0.25, 0.3) is 5.69 Å². The van der Waals surface area contributed by atoms with Crippen molar-refractivity contribution in [3.8, 4) is 5.69 Å². The molecule has 0 aliphatic heterocycles. The van der Waals surface area contributed by atoms with Crippen LogP contribution in [0.2, 0.25) is 5.02 Å². The summed E-state index contributed by atoms with van der Waals surface area (Å²) in [6, 6.07) is 11.4. The van der Waals surface area contributed by atoms with E-state index in [-0.39, 0.29) is 5.11 Å². The van der Waals surface area contributed by atoms with E-state index in [2.05, 4.69) is 22.7 Å². The molecule has 0 aliphatic carbocycles. The molecule has 1 heterocycles. The summed E-state index contributed by atoms with van der Waals surface area (Å²) in [5.74, 6) is 0. The van der Waals surface area contributed by atoms with Crippen LogP contribution in [-0.4, -0.2) is 15.9 Å². The fourth-order valence-electron chi connectivity index (χ4n) is 1.50. The topological polar surface area (TPSA) is 55.3 Å². The Hall–Kier alpha value is -1.85. The van der Waals surface area contributed by atoms with E-state index in [4.69, 9.17) is 17.3 Å². The smallest absolute Gasteiger partial charge is 0.184 e. The van der Waals surface area contributed by atoms with Crippen molar-refractivity contribution in [2.75, 3.05) is 0 Å². The highest BCUT2D eigenvalue weighted by molar-refractivity contribution is 7.80.